The molecule has 4 saturated heterocycles. The molecule has 0 bridgehead atoms. The van der Waals surface area contributed by atoms with Crippen LogP contribution >= 0.6 is 11.3 Å². The number of carbonyl (C=O) groups excluding carboxylic acids is 4. The Morgan fingerprint density at radius 3 is 2.22 bits per heavy atom. The first-order valence-electron chi connectivity index (χ1n) is 27.4. The van der Waals surface area contributed by atoms with E-state index in [1.165, 1.54) is 11.1 Å². The first kappa shape index (κ1) is 57.5. The van der Waals surface area contributed by atoms with Gasteiger partial charge < -0.3 is 30.5 Å². The van der Waals surface area contributed by atoms with E-state index >= 15 is 8.78 Å². The molecule has 430 valence electrons. The Bertz CT molecular complexity index is 3410. The van der Waals surface area contributed by atoms with Gasteiger partial charge in [0.25, 0.3) is 0 Å². The van der Waals surface area contributed by atoms with Gasteiger partial charge in [0.2, 0.25) is 23.5 Å². The van der Waals surface area contributed by atoms with Crippen LogP contribution < -0.4 is 20.3 Å². The molecule has 0 radical (unpaired) electrons. The number of alkyl halides is 1. The minimum Gasteiger partial charge on any atom is -0.391 e. The Labute approximate surface area is 473 Å². The summed E-state index contributed by atoms with van der Waals surface area (Å²) < 4.78 is 73.4. The molecular formula is C58H68F3N11O7S2. The van der Waals surface area contributed by atoms with Crippen LogP contribution in [0, 0.1) is 24.0 Å². The lowest BCUT2D eigenvalue weighted by atomic mass is 9.85. The van der Waals surface area contributed by atoms with Crippen molar-refractivity contribution in [3.8, 4) is 21.6 Å². The average Bonchev–Trinajstić information content (AvgIpc) is 4.29. The van der Waals surface area contributed by atoms with E-state index in [4.69, 9.17) is 0 Å². The third kappa shape index (κ3) is 12.5. The van der Waals surface area contributed by atoms with E-state index in [0.29, 0.717) is 35.7 Å². The number of nitrogens with zero attached hydrogens (tertiary/aromatic N) is 7. The van der Waals surface area contributed by atoms with Gasteiger partial charge in [0.15, 0.2) is 5.82 Å². The van der Waals surface area contributed by atoms with Crippen molar-refractivity contribution in [2.45, 2.75) is 96.7 Å². The summed E-state index contributed by atoms with van der Waals surface area (Å²) in [6.45, 7) is 13.8. The molecule has 3 amide bonds. The number of nitrogens with one attached hydrogen (secondary N) is 4. The maximum absolute atomic E-state index is 15.8. The van der Waals surface area contributed by atoms with Gasteiger partial charge in [0.1, 0.15) is 29.7 Å². The fraction of sp³-hybridized carbons (Fsp3) is 0.448. The Morgan fingerprint density at radius 2 is 1.57 bits per heavy atom. The maximum atomic E-state index is 15.8. The number of thiazole rings is 1. The van der Waals surface area contributed by atoms with Crippen molar-refractivity contribution in [3.63, 3.8) is 0 Å². The number of piperazine rings is 1. The lowest BCUT2D eigenvalue weighted by molar-refractivity contribution is -0.144. The Morgan fingerprint density at radius 1 is 0.864 bits per heavy atom. The number of carbonyl (C=O) groups is 4. The van der Waals surface area contributed by atoms with Gasteiger partial charge in [-0.2, -0.15) is 12.7 Å². The van der Waals surface area contributed by atoms with Crippen molar-refractivity contribution in [3.05, 3.63) is 119 Å². The fourth-order valence-electron chi connectivity index (χ4n) is 11.5. The molecule has 18 nitrogen and oxygen atoms in total. The third-order valence-electron chi connectivity index (χ3n) is 16.1. The number of aromatic nitrogens is 3. The standard InChI is InChI=1S/C58H68F3N11O7S2/c1-34(36-6-8-38(9-7-36)53-35(2)64-33-80-53)65-56(76)48-27-43(73)31-72(48)57(77)54(58(3,4)5)66-49(74)32-68-19-17-42(18-20-68)70-24-22-69(23-25-70)41-12-10-37(11-13-41)39-26-44-45(29-63-55(44)62-28-39)52(75)50-46(60)14-15-47(51(50)61)67-81(78,79)71-21-16-40(59)30-71/h6-15,26,28-29,33-34,40,42-43,48,54,67,73H,16-25,27,30-32H2,1-5H3,(H,62,63)(H,65,76)(H,66,74)/t34-,40+,43+,48-,54?/m0/s1. The average molecular weight is 1150 g/mol. The second kappa shape index (κ2) is 23.6. The van der Waals surface area contributed by atoms with Crippen molar-refractivity contribution < 1.29 is 45.9 Å². The van der Waals surface area contributed by atoms with Crippen LogP contribution in [0.15, 0.2) is 84.6 Å². The number of likely N-dealkylation sites (tertiary alicyclic amines) is 2. The zero-order chi connectivity index (χ0) is 57.5. The Kier molecular flexibility index (Phi) is 16.8. The number of halogens is 3. The minimum absolute atomic E-state index is 0.00717. The van der Waals surface area contributed by atoms with Crippen LogP contribution in [0.4, 0.5) is 24.5 Å². The summed E-state index contributed by atoms with van der Waals surface area (Å²) >= 11 is 1.57. The second-order valence-corrected chi connectivity index (χ2v) is 25.3. The van der Waals surface area contributed by atoms with Gasteiger partial charge in [-0.05, 0) is 85.5 Å². The summed E-state index contributed by atoms with van der Waals surface area (Å²) in [5.41, 5.74) is 5.16. The number of hydrogen-bond acceptors (Lipinski definition) is 13. The molecule has 1 unspecified atom stereocenters. The molecule has 4 aliphatic rings. The zero-order valence-corrected chi connectivity index (χ0v) is 47.6. The number of H-pyrrole nitrogens is 1. The van der Waals surface area contributed by atoms with Crippen molar-refractivity contribution in [1.82, 2.24) is 44.6 Å². The van der Waals surface area contributed by atoms with Crippen LogP contribution in [0.2, 0.25) is 0 Å². The number of aliphatic hydroxyl groups excluding tert-OH is 1. The van der Waals surface area contributed by atoms with E-state index < -0.39 is 81.1 Å². The summed E-state index contributed by atoms with van der Waals surface area (Å²) in [5.74, 6) is -4.64. The van der Waals surface area contributed by atoms with E-state index in [2.05, 4.69) is 40.3 Å². The highest BCUT2D eigenvalue weighted by Gasteiger charge is 2.45. The van der Waals surface area contributed by atoms with Crippen LogP contribution in [-0.2, 0) is 24.6 Å². The summed E-state index contributed by atoms with van der Waals surface area (Å²) in [6.07, 6.45) is 2.55. The van der Waals surface area contributed by atoms with Gasteiger partial charge in [-0.3, -0.25) is 33.7 Å². The molecule has 5 atom stereocenters. The number of anilines is 2. The van der Waals surface area contributed by atoms with Crippen LogP contribution in [0.5, 0.6) is 0 Å². The highest BCUT2D eigenvalue weighted by atomic mass is 32.2. The lowest BCUT2D eigenvalue weighted by Crippen LogP contribution is -2.59. The first-order chi connectivity index (χ1) is 38.6. The quantitative estimate of drug-likeness (QED) is 0.0631. The minimum atomic E-state index is -4.38. The number of amides is 3. The number of ketones is 1. The van der Waals surface area contributed by atoms with Gasteiger partial charge >= 0.3 is 10.2 Å². The number of fused-ring (bicyclic) bond motifs is 1. The predicted octanol–water partition coefficient (Wildman–Crippen LogP) is 6.83. The third-order valence-corrected chi connectivity index (χ3v) is 18.6. The van der Waals surface area contributed by atoms with E-state index in [0.717, 1.165) is 88.4 Å². The molecule has 3 aromatic carbocycles. The number of piperidine rings is 1. The number of aryl methyl sites for hydroxylation is 1. The second-order valence-electron chi connectivity index (χ2n) is 22.7. The summed E-state index contributed by atoms with van der Waals surface area (Å²) in [7, 11) is -4.38. The number of rotatable bonds is 16. The van der Waals surface area contributed by atoms with Crippen LogP contribution in [0.1, 0.15) is 86.6 Å². The van der Waals surface area contributed by atoms with Gasteiger partial charge in [-0.25, -0.2) is 23.1 Å². The topological polar surface area (TPSA) is 217 Å². The molecule has 4 aliphatic heterocycles. The summed E-state index contributed by atoms with van der Waals surface area (Å²) in [6, 6.07) is 17.4. The number of aliphatic hydroxyl groups is 1. The van der Waals surface area contributed by atoms with E-state index in [1.807, 2.05) is 93.4 Å². The van der Waals surface area contributed by atoms with Gasteiger partial charge in [0.05, 0.1) is 46.0 Å². The number of hydrogen-bond donors (Lipinski definition) is 5. The summed E-state index contributed by atoms with van der Waals surface area (Å²) in [4.78, 5) is 76.9. The highest BCUT2D eigenvalue weighted by molar-refractivity contribution is 7.90. The Hall–Kier alpha value is -6.76. The maximum Gasteiger partial charge on any atom is 0.301 e. The number of aromatic amines is 1. The Balaban J connectivity index is 0.697. The molecule has 7 heterocycles. The van der Waals surface area contributed by atoms with Gasteiger partial charge in [-0.1, -0.05) is 57.2 Å². The molecule has 81 heavy (non-hydrogen) atoms. The normalized spacial score (nSPS) is 20.6. The highest BCUT2D eigenvalue weighted by Crippen LogP contribution is 2.34. The van der Waals surface area contributed by atoms with Crippen molar-refractivity contribution in [1.29, 1.82) is 0 Å². The molecule has 3 aromatic heterocycles. The SMILES string of the molecule is Cc1ncsc1-c1ccc([C@H](C)NC(=O)[C@@H]2C[C@@H](O)CN2C(=O)C(NC(=O)CN2CCC(N3CCN(c4ccc(-c5cnc6[nH]cc(C(=O)c7c(F)ccc(NS(=O)(=O)N8CC[C@@H](F)C8)c7F)c6c5)cc4)CC3)CC2)C(C)(C)C)cc1. The van der Waals surface area contributed by atoms with E-state index in [1.54, 1.807) is 23.6 Å². The number of β-amino-alcohol motifs (C(OH)–C–C–N with tert-alkyl or cyclic N) is 1. The number of pyridine rings is 1. The van der Waals surface area contributed by atoms with Gasteiger partial charge in [-0.15, -0.1) is 11.3 Å². The first-order valence-corrected chi connectivity index (χ1v) is 29.8. The molecule has 10 rings (SSSR count). The molecule has 23 heteroatoms. The predicted molar refractivity (Wildman–Crippen MR) is 305 cm³/mol. The zero-order valence-electron chi connectivity index (χ0n) is 45.9. The van der Waals surface area contributed by atoms with Crippen LogP contribution in [0.25, 0.3) is 32.6 Å². The molecule has 4 fully saturated rings. The fourth-order valence-corrected chi connectivity index (χ4v) is 13.6. The molecule has 5 N–H and O–H groups in total. The smallest absolute Gasteiger partial charge is 0.301 e. The summed E-state index contributed by atoms with van der Waals surface area (Å²) in [5, 5.41) is 17.2. The van der Waals surface area contributed by atoms with Crippen molar-refractivity contribution in [2.75, 3.05) is 75.1 Å². The lowest BCUT2D eigenvalue weighted by Gasteiger charge is -2.43. The van der Waals surface area contributed by atoms with E-state index in [9.17, 15) is 37.1 Å². The number of benzene rings is 3. The molecule has 0 saturated carbocycles. The van der Waals surface area contributed by atoms with Gasteiger partial charge in [0, 0.05) is 106 Å². The molecule has 6 aromatic rings. The van der Waals surface area contributed by atoms with Crippen molar-refractivity contribution >= 4 is 67.5 Å². The molecular weight excluding hydrogens is 1080 g/mol. The van der Waals surface area contributed by atoms with Crippen LogP contribution in [0.3, 0.4) is 0 Å². The molecule has 0 spiro atoms. The van der Waals surface area contributed by atoms with Crippen molar-refractivity contribution in [2.24, 2.45) is 5.41 Å². The largest absolute Gasteiger partial charge is 0.391 e. The van der Waals surface area contributed by atoms with Crippen LogP contribution in [-0.4, -0.2) is 167 Å². The van der Waals surface area contributed by atoms with E-state index in [-0.39, 0.29) is 55.9 Å². The molecule has 0 aliphatic carbocycles. The monoisotopic (exact) mass is 1150 g/mol.